The normalized spacial score (nSPS) is 9.22. The van der Waals surface area contributed by atoms with Gasteiger partial charge in [0, 0.05) is 0 Å². The summed E-state index contributed by atoms with van der Waals surface area (Å²) in [6, 6.07) is 4.48. The Labute approximate surface area is 110 Å². The Balaban J connectivity index is 2.94. The van der Waals surface area contributed by atoms with Crippen LogP contribution in [0.25, 0.3) is 0 Å². The summed E-state index contributed by atoms with van der Waals surface area (Å²) < 4.78 is 4.70. The molecule has 0 aliphatic heterocycles. The molecule has 0 spiro atoms. The van der Waals surface area contributed by atoms with Crippen molar-refractivity contribution in [1.82, 2.24) is 0 Å². The van der Waals surface area contributed by atoms with Crippen molar-refractivity contribution in [3.8, 4) is 11.8 Å². The fourth-order valence-corrected chi connectivity index (χ4v) is 1.47. The Morgan fingerprint density at radius 1 is 1.44 bits per heavy atom. The van der Waals surface area contributed by atoms with E-state index in [0.29, 0.717) is 0 Å². The third kappa shape index (κ3) is 3.79. The predicted octanol–water partition coefficient (Wildman–Crippen LogP) is 2.34. The second-order valence-electron chi connectivity index (χ2n) is 3.25. The molecule has 0 bridgehead atoms. The molecule has 1 rings (SSSR count). The van der Waals surface area contributed by atoms with Crippen molar-refractivity contribution in [3.63, 3.8) is 0 Å². The molecule has 0 saturated heterocycles. The van der Waals surface area contributed by atoms with E-state index in [1.165, 1.54) is 12.1 Å². The van der Waals surface area contributed by atoms with Gasteiger partial charge in [-0.15, -0.1) is 0 Å². The molecule has 1 aromatic carbocycles. The quantitative estimate of drug-likeness (QED) is 0.674. The molecule has 0 aromatic heterocycles. The van der Waals surface area contributed by atoms with Gasteiger partial charge in [-0.2, -0.15) is 0 Å². The standard InChI is InChI=1S/C13H11ClO4/c1-2-18-12(15)8-4-5-9-10(13(16)17)6-3-7-11(9)14/h3,6-7H,2,8H2,1H3,(H,16,17). The number of hydrogen-bond acceptors (Lipinski definition) is 3. The number of carboxylic acid groups (broad SMARTS) is 1. The lowest BCUT2D eigenvalue weighted by atomic mass is 10.1. The Bertz CT molecular complexity index is 526. The van der Waals surface area contributed by atoms with Crippen molar-refractivity contribution in [2.24, 2.45) is 0 Å². The van der Waals surface area contributed by atoms with Crippen molar-refractivity contribution in [3.05, 3.63) is 34.3 Å². The maximum Gasteiger partial charge on any atom is 0.337 e. The fraction of sp³-hybridized carbons (Fsp3) is 0.231. The Morgan fingerprint density at radius 2 is 2.17 bits per heavy atom. The lowest BCUT2D eigenvalue weighted by Crippen LogP contribution is -2.02. The van der Waals surface area contributed by atoms with Crippen molar-refractivity contribution in [2.75, 3.05) is 6.61 Å². The zero-order chi connectivity index (χ0) is 13.5. The summed E-state index contributed by atoms with van der Waals surface area (Å²) in [5.74, 6) is 3.58. The number of carboxylic acids is 1. The van der Waals surface area contributed by atoms with Crippen LogP contribution in [0.4, 0.5) is 0 Å². The summed E-state index contributed by atoms with van der Waals surface area (Å²) in [5, 5.41) is 9.21. The molecule has 0 atom stereocenters. The van der Waals surface area contributed by atoms with Gasteiger partial charge in [-0.3, -0.25) is 4.79 Å². The number of benzene rings is 1. The number of rotatable bonds is 3. The first-order chi connectivity index (χ1) is 8.56. The smallest absolute Gasteiger partial charge is 0.337 e. The summed E-state index contributed by atoms with van der Waals surface area (Å²) in [6.07, 6.45) is -0.0991. The highest BCUT2D eigenvalue weighted by atomic mass is 35.5. The Hall–Kier alpha value is -1.99. The predicted molar refractivity (Wildman–Crippen MR) is 66.5 cm³/mol. The van der Waals surface area contributed by atoms with Gasteiger partial charge in [0.25, 0.3) is 0 Å². The van der Waals surface area contributed by atoms with Gasteiger partial charge in [0.15, 0.2) is 0 Å². The van der Waals surface area contributed by atoms with Gasteiger partial charge in [0.2, 0.25) is 0 Å². The second-order valence-corrected chi connectivity index (χ2v) is 3.66. The number of carbonyl (C=O) groups excluding carboxylic acids is 1. The van der Waals surface area contributed by atoms with E-state index in [0.717, 1.165) is 0 Å². The van der Waals surface area contributed by atoms with E-state index in [1.807, 2.05) is 0 Å². The molecule has 5 heteroatoms. The molecular weight excluding hydrogens is 256 g/mol. The van der Waals surface area contributed by atoms with Crippen molar-refractivity contribution in [2.45, 2.75) is 13.3 Å². The van der Waals surface area contributed by atoms with Gasteiger partial charge >= 0.3 is 11.9 Å². The van der Waals surface area contributed by atoms with Crippen LogP contribution in [0.2, 0.25) is 5.02 Å². The maximum atomic E-state index is 11.1. The lowest BCUT2D eigenvalue weighted by molar-refractivity contribution is -0.141. The molecule has 0 amide bonds. The lowest BCUT2D eigenvalue weighted by Gasteiger charge is -2.00. The summed E-state index contributed by atoms with van der Waals surface area (Å²) in [5.41, 5.74) is 0.217. The summed E-state index contributed by atoms with van der Waals surface area (Å²) >= 11 is 5.87. The number of halogens is 1. The topological polar surface area (TPSA) is 63.6 Å². The number of esters is 1. The van der Waals surface area contributed by atoms with E-state index in [1.54, 1.807) is 13.0 Å². The van der Waals surface area contributed by atoms with Crippen LogP contribution in [0.15, 0.2) is 18.2 Å². The number of ether oxygens (including phenoxy) is 1. The Kier molecular flexibility index (Phi) is 5.22. The molecule has 0 aliphatic rings. The molecule has 0 saturated carbocycles. The van der Waals surface area contributed by atoms with E-state index < -0.39 is 11.9 Å². The minimum absolute atomic E-state index is 0.0128. The van der Waals surface area contributed by atoms with Gasteiger partial charge in [-0.1, -0.05) is 29.5 Å². The number of carbonyl (C=O) groups is 2. The number of aromatic carboxylic acids is 1. The monoisotopic (exact) mass is 266 g/mol. The van der Waals surface area contributed by atoms with Crippen molar-refractivity contribution in [1.29, 1.82) is 0 Å². The molecular formula is C13H11ClO4. The first kappa shape index (κ1) is 14.1. The molecule has 0 aliphatic carbocycles. The van der Waals surface area contributed by atoms with Crippen LogP contribution in [-0.2, 0) is 9.53 Å². The van der Waals surface area contributed by atoms with Gasteiger partial charge in [0.1, 0.15) is 6.42 Å². The fourth-order valence-electron chi connectivity index (χ4n) is 1.25. The molecule has 0 unspecified atom stereocenters. The molecule has 1 N–H and O–H groups in total. The molecule has 18 heavy (non-hydrogen) atoms. The van der Waals surface area contributed by atoms with E-state index >= 15 is 0 Å². The SMILES string of the molecule is CCOC(=O)CC#Cc1c(Cl)cccc1C(=O)O. The van der Waals surface area contributed by atoms with Gasteiger partial charge < -0.3 is 9.84 Å². The van der Waals surface area contributed by atoms with Gasteiger partial charge in [-0.05, 0) is 19.1 Å². The minimum Gasteiger partial charge on any atom is -0.478 e. The van der Waals surface area contributed by atoms with Crippen LogP contribution in [0, 0.1) is 11.8 Å². The molecule has 1 aromatic rings. The van der Waals surface area contributed by atoms with Crippen molar-refractivity contribution >= 4 is 23.5 Å². The highest BCUT2D eigenvalue weighted by molar-refractivity contribution is 6.32. The highest BCUT2D eigenvalue weighted by Gasteiger charge is 2.10. The van der Waals surface area contributed by atoms with E-state index in [4.69, 9.17) is 21.4 Å². The van der Waals surface area contributed by atoms with E-state index in [2.05, 4.69) is 11.8 Å². The Morgan fingerprint density at radius 3 is 2.78 bits per heavy atom. The maximum absolute atomic E-state index is 11.1. The minimum atomic E-state index is -1.11. The van der Waals surface area contributed by atoms with Crippen LogP contribution in [0.3, 0.4) is 0 Å². The van der Waals surface area contributed by atoms with E-state index in [9.17, 15) is 9.59 Å². The summed E-state index contributed by atoms with van der Waals surface area (Å²) in [6.45, 7) is 1.98. The third-order valence-electron chi connectivity index (χ3n) is 2.00. The van der Waals surface area contributed by atoms with E-state index in [-0.39, 0.29) is 29.2 Å². The third-order valence-corrected chi connectivity index (χ3v) is 2.31. The first-order valence-electron chi connectivity index (χ1n) is 5.22. The average molecular weight is 267 g/mol. The first-order valence-corrected chi connectivity index (χ1v) is 5.60. The van der Waals surface area contributed by atoms with Crippen LogP contribution in [-0.4, -0.2) is 23.7 Å². The zero-order valence-electron chi connectivity index (χ0n) is 9.70. The highest BCUT2D eigenvalue weighted by Crippen LogP contribution is 2.19. The van der Waals surface area contributed by atoms with Crippen LogP contribution in [0.1, 0.15) is 29.3 Å². The summed E-state index contributed by atoms with van der Waals surface area (Å²) in [4.78, 5) is 22.0. The molecule has 94 valence electrons. The molecule has 0 fully saturated rings. The molecule has 0 radical (unpaired) electrons. The molecule has 4 nitrogen and oxygen atoms in total. The largest absolute Gasteiger partial charge is 0.478 e. The van der Waals surface area contributed by atoms with Crippen LogP contribution >= 0.6 is 11.6 Å². The van der Waals surface area contributed by atoms with Crippen LogP contribution in [0.5, 0.6) is 0 Å². The second kappa shape index (κ2) is 6.67. The van der Waals surface area contributed by atoms with Crippen molar-refractivity contribution < 1.29 is 19.4 Å². The average Bonchev–Trinajstić information content (AvgIpc) is 2.31. The number of hydrogen-bond donors (Lipinski definition) is 1. The zero-order valence-corrected chi connectivity index (χ0v) is 10.5. The molecule has 0 heterocycles. The van der Waals surface area contributed by atoms with Gasteiger partial charge in [-0.25, -0.2) is 4.79 Å². The van der Waals surface area contributed by atoms with Crippen LogP contribution < -0.4 is 0 Å². The van der Waals surface area contributed by atoms with Gasteiger partial charge in [0.05, 0.1) is 22.8 Å². The summed E-state index contributed by atoms with van der Waals surface area (Å²) in [7, 11) is 0.